The molecule has 0 atom stereocenters. The molecule has 0 aliphatic carbocycles. The third kappa shape index (κ3) is 3.59. The lowest BCUT2D eigenvalue weighted by atomic mass is 9.99. The van der Waals surface area contributed by atoms with Crippen LogP contribution in [0.25, 0.3) is 11.0 Å². The fraction of sp³-hybridized carbons (Fsp3) is 0.158. The van der Waals surface area contributed by atoms with E-state index in [1.807, 2.05) is 31.2 Å². The minimum Gasteiger partial charge on any atom is -0.460 e. The first-order chi connectivity index (χ1) is 11.9. The zero-order valence-corrected chi connectivity index (χ0v) is 17.9. The van der Waals surface area contributed by atoms with Gasteiger partial charge in [0.15, 0.2) is 11.5 Å². The molecule has 0 saturated heterocycles. The maximum Gasteiger partial charge on any atom is 0.308 e. The van der Waals surface area contributed by atoms with Crippen LogP contribution in [-0.2, 0) is 11.2 Å². The zero-order chi connectivity index (χ0) is 18.1. The number of ether oxygens (including phenoxy) is 1. The lowest BCUT2D eigenvalue weighted by molar-refractivity contribution is -0.132. The average molecular weight is 560 g/mol. The molecule has 3 rings (SSSR count). The largest absolute Gasteiger partial charge is 0.460 e. The van der Waals surface area contributed by atoms with Crippen LogP contribution in [0.15, 0.2) is 40.8 Å². The van der Waals surface area contributed by atoms with Crippen LogP contribution in [0.4, 0.5) is 0 Å². The SMILES string of the molecule is CCc1oc2ccccc2c1C(=O)c1cc(I)c(OC(C)=O)c(I)c1. The van der Waals surface area contributed by atoms with Crippen LogP contribution in [0.3, 0.4) is 0 Å². The van der Waals surface area contributed by atoms with Gasteiger partial charge in [-0.2, -0.15) is 0 Å². The molecule has 2 aromatic carbocycles. The molecule has 1 heterocycles. The molecule has 4 nitrogen and oxygen atoms in total. The second-order valence-electron chi connectivity index (χ2n) is 5.44. The topological polar surface area (TPSA) is 56.5 Å². The predicted octanol–water partition coefficient (Wildman–Crippen LogP) is 5.36. The fourth-order valence-corrected chi connectivity index (χ4v) is 4.66. The number of ketones is 1. The van der Waals surface area contributed by atoms with Crippen molar-refractivity contribution in [2.45, 2.75) is 20.3 Å². The lowest BCUT2D eigenvalue weighted by Gasteiger charge is -2.09. The molecule has 0 unspecified atom stereocenters. The first-order valence-electron chi connectivity index (χ1n) is 7.65. The van der Waals surface area contributed by atoms with Crippen molar-refractivity contribution >= 4 is 67.9 Å². The quantitative estimate of drug-likeness (QED) is 0.187. The van der Waals surface area contributed by atoms with E-state index in [0.717, 1.165) is 5.39 Å². The molecule has 0 amide bonds. The van der Waals surface area contributed by atoms with Crippen molar-refractivity contribution in [2.75, 3.05) is 0 Å². The van der Waals surface area contributed by atoms with Gasteiger partial charge in [0, 0.05) is 24.3 Å². The van der Waals surface area contributed by atoms with Gasteiger partial charge in [-0.1, -0.05) is 25.1 Å². The predicted molar refractivity (Wildman–Crippen MR) is 112 cm³/mol. The third-order valence-electron chi connectivity index (χ3n) is 3.72. The maximum atomic E-state index is 13.2. The molecule has 3 aromatic rings. The van der Waals surface area contributed by atoms with E-state index in [2.05, 4.69) is 45.2 Å². The normalized spacial score (nSPS) is 10.9. The number of furan rings is 1. The van der Waals surface area contributed by atoms with Crippen molar-refractivity contribution in [3.8, 4) is 5.75 Å². The van der Waals surface area contributed by atoms with E-state index in [1.54, 1.807) is 12.1 Å². The lowest BCUT2D eigenvalue weighted by Crippen LogP contribution is -2.08. The Balaban J connectivity index is 2.12. The molecule has 0 bridgehead atoms. The highest BCUT2D eigenvalue weighted by Gasteiger charge is 2.23. The van der Waals surface area contributed by atoms with E-state index in [1.165, 1.54) is 6.92 Å². The molecule has 0 aliphatic heterocycles. The number of fused-ring (bicyclic) bond motifs is 1. The van der Waals surface area contributed by atoms with E-state index < -0.39 is 0 Å². The summed E-state index contributed by atoms with van der Waals surface area (Å²) in [5.74, 6) is 0.689. The molecular weight excluding hydrogens is 546 g/mol. The van der Waals surface area contributed by atoms with Crippen LogP contribution in [0.2, 0.25) is 0 Å². The van der Waals surface area contributed by atoms with E-state index in [0.29, 0.717) is 41.8 Å². The Morgan fingerprint density at radius 2 is 1.76 bits per heavy atom. The zero-order valence-electron chi connectivity index (χ0n) is 13.6. The van der Waals surface area contributed by atoms with Crippen molar-refractivity contribution < 1.29 is 18.7 Å². The van der Waals surface area contributed by atoms with E-state index >= 15 is 0 Å². The van der Waals surface area contributed by atoms with Crippen molar-refractivity contribution in [1.82, 2.24) is 0 Å². The summed E-state index contributed by atoms with van der Waals surface area (Å²) in [6.45, 7) is 3.32. The number of hydrogen-bond donors (Lipinski definition) is 0. The van der Waals surface area contributed by atoms with Crippen LogP contribution in [0, 0.1) is 7.14 Å². The summed E-state index contributed by atoms with van der Waals surface area (Å²) in [4.78, 5) is 24.4. The first kappa shape index (κ1) is 18.4. The van der Waals surface area contributed by atoms with Gasteiger partial charge < -0.3 is 9.15 Å². The van der Waals surface area contributed by atoms with Crippen LogP contribution < -0.4 is 4.74 Å². The number of hydrogen-bond acceptors (Lipinski definition) is 4. The third-order valence-corrected chi connectivity index (χ3v) is 5.33. The second kappa shape index (κ2) is 7.45. The maximum absolute atomic E-state index is 13.2. The smallest absolute Gasteiger partial charge is 0.308 e. The standard InChI is InChI=1S/C19H14I2O4/c1-3-15-17(12-6-4-5-7-16(12)25-15)18(23)11-8-13(20)19(14(21)9-11)24-10(2)22/h4-9H,3H2,1-2H3. The first-order valence-corrected chi connectivity index (χ1v) is 9.80. The van der Waals surface area contributed by atoms with Gasteiger partial charge in [-0.3, -0.25) is 9.59 Å². The number of para-hydroxylation sites is 1. The van der Waals surface area contributed by atoms with Crippen molar-refractivity contribution in [3.63, 3.8) is 0 Å². The summed E-state index contributed by atoms with van der Waals surface area (Å²) in [7, 11) is 0. The van der Waals surface area contributed by atoms with E-state index in [4.69, 9.17) is 9.15 Å². The van der Waals surface area contributed by atoms with Gasteiger partial charge in [-0.05, 0) is 63.4 Å². The monoisotopic (exact) mass is 560 g/mol. The molecule has 0 N–H and O–H groups in total. The van der Waals surface area contributed by atoms with Crippen LogP contribution in [-0.4, -0.2) is 11.8 Å². The Morgan fingerprint density at radius 1 is 1.12 bits per heavy atom. The van der Waals surface area contributed by atoms with Gasteiger partial charge in [-0.25, -0.2) is 0 Å². The molecule has 0 fully saturated rings. The number of carbonyl (C=O) groups is 2. The van der Waals surface area contributed by atoms with Gasteiger partial charge in [0.2, 0.25) is 0 Å². The van der Waals surface area contributed by atoms with Crippen LogP contribution in [0.1, 0.15) is 35.5 Å². The highest BCUT2D eigenvalue weighted by Crippen LogP contribution is 2.33. The molecule has 0 aliphatic rings. The Morgan fingerprint density at radius 3 is 2.36 bits per heavy atom. The molecule has 6 heteroatoms. The Bertz CT molecular complexity index is 965. The van der Waals surface area contributed by atoms with Crippen LogP contribution >= 0.6 is 45.2 Å². The Kier molecular flexibility index (Phi) is 5.47. The Hall–Kier alpha value is -1.42. The number of esters is 1. The van der Waals surface area contributed by atoms with Crippen molar-refractivity contribution in [1.29, 1.82) is 0 Å². The summed E-state index contributed by atoms with van der Waals surface area (Å²) >= 11 is 4.15. The summed E-state index contributed by atoms with van der Waals surface area (Å²) < 4.78 is 12.5. The van der Waals surface area contributed by atoms with E-state index in [-0.39, 0.29) is 11.8 Å². The summed E-state index contributed by atoms with van der Waals surface area (Å²) in [6, 6.07) is 11.0. The molecular formula is C19H14I2O4. The average Bonchev–Trinajstić information content (AvgIpc) is 2.95. The van der Waals surface area contributed by atoms with Gasteiger partial charge in [0.25, 0.3) is 0 Å². The minimum atomic E-state index is -0.385. The molecule has 25 heavy (non-hydrogen) atoms. The van der Waals surface area contributed by atoms with Gasteiger partial charge in [0.1, 0.15) is 11.3 Å². The van der Waals surface area contributed by atoms with E-state index in [9.17, 15) is 9.59 Å². The van der Waals surface area contributed by atoms with Crippen molar-refractivity contribution in [3.05, 3.63) is 60.4 Å². The van der Waals surface area contributed by atoms with Crippen molar-refractivity contribution in [2.24, 2.45) is 0 Å². The molecule has 0 radical (unpaired) electrons. The number of carbonyl (C=O) groups excluding carboxylic acids is 2. The van der Waals surface area contributed by atoms with Gasteiger partial charge in [0.05, 0.1) is 12.7 Å². The Labute approximate surface area is 172 Å². The second-order valence-corrected chi connectivity index (χ2v) is 7.77. The highest BCUT2D eigenvalue weighted by molar-refractivity contribution is 14.1. The minimum absolute atomic E-state index is 0.0907. The number of rotatable bonds is 4. The highest BCUT2D eigenvalue weighted by atomic mass is 127. The number of halogens is 2. The van der Waals surface area contributed by atoms with Crippen LogP contribution in [0.5, 0.6) is 5.75 Å². The number of benzene rings is 2. The molecule has 128 valence electrons. The molecule has 0 spiro atoms. The van der Waals surface area contributed by atoms with Gasteiger partial charge >= 0.3 is 5.97 Å². The van der Waals surface area contributed by atoms with Gasteiger partial charge in [-0.15, -0.1) is 0 Å². The number of aryl methyl sites for hydroxylation is 1. The molecule has 1 aromatic heterocycles. The summed E-state index contributed by atoms with van der Waals surface area (Å²) in [5, 5.41) is 0.818. The fourth-order valence-electron chi connectivity index (χ4n) is 2.67. The summed E-state index contributed by atoms with van der Waals surface area (Å²) in [6.07, 6.45) is 0.634. The molecule has 0 saturated carbocycles. The summed E-state index contributed by atoms with van der Waals surface area (Å²) in [5.41, 5.74) is 1.86.